The maximum absolute atomic E-state index is 10.1. The summed E-state index contributed by atoms with van der Waals surface area (Å²) in [7, 11) is 0. The number of aliphatic hydroxyl groups excluding tert-OH is 2. The van der Waals surface area contributed by atoms with Gasteiger partial charge in [0.2, 0.25) is 0 Å². The second-order valence-corrected chi connectivity index (χ2v) is 3.57. The molecule has 2 N–H and O–H groups in total. The topological polar surface area (TPSA) is 57.5 Å². The van der Waals surface area contributed by atoms with Gasteiger partial charge >= 0.3 is 0 Å². The second kappa shape index (κ2) is 6.32. The molecule has 0 saturated carbocycles. The van der Waals surface area contributed by atoms with Crippen molar-refractivity contribution in [2.24, 2.45) is 0 Å². The first kappa shape index (κ1) is 11.9. The average Bonchev–Trinajstić information content (AvgIpc) is 2.27. The Hall–Kier alpha value is -1.19. The zero-order valence-corrected chi connectivity index (χ0v) is 8.54. The molecule has 0 amide bonds. The maximum Gasteiger partial charge on any atom is 0.120 e. The van der Waals surface area contributed by atoms with E-state index in [1.165, 1.54) is 0 Å². The van der Waals surface area contributed by atoms with Crippen LogP contribution >= 0.6 is 0 Å². The lowest BCUT2D eigenvalue weighted by atomic mass is 10.0. The highest BCUT2D eigenvalue weighted by Gasteiger charge is 2.15. The van der Waals surface area contributed by atoms with Crippen molar-refractivity contribution >= 4 is 6.29 Å². The number of hydrogen-bond donors (Lipinski definition) is 2. The SMILES string of the molecule is O=CCC[C@H](O)C(O)Cc1ccccc1. The van der Waals surface area contributed by atoms with Gasteiger partial charge in [-0.3, -0.25) is 0 Å². The van der Waals surface area contributed by atoms with Gasteiger partial charge in [-0.15, -0.1) is 0 Å². The average molecular weight is 208 g/mol. The summed E-state index contributed by atoms with van der Waals surface area (Å²) in [5, 5.41) is 19.1. The van der Waals surface area contributed by atoms with E-state index in [0.29, 0.717) is 12.8 Å². The van der Waals surface area contributed by atoms with Gasteiger partial charge in [0.1, 0.15) is 6.29 Å². The summed E-state index contributed by atoms with van der Waals surface area (Å²) in [6.07, 6.45) is 0.145. The van der Waals surface area contributed by atoms with E-state index in [-0.39, 0.29) is 6.42 Å². The van der Waals surface area contributed by atoms with Crippen LogP contribution in [0.15, 0.2) is 30.3 Å². The summed E-state index contributed by atoms with van der Waals surface area (Å²) < 4.78 is 0. The molecule has 0 aliphatic rings. The summed E-state index contributed by atoms with van der Waals surface area (Å²) >= 11 is 0. The van der Waals surface area contributed by atoms with Crippen molar-refractivity contribution in [3.63, 3.8) is 0 Å². The fourth-order valence-electron chi connectivity index (χ4n) is 1.42. The third-order valence-electron chi connectivity index (χ3n) is 2.31. The lowest BCUT2D eigenvalue weighted by Gasteiger charge is -2.16. The van der Waals surface area contributed by atoms with E-state index in [4.69, 9.17) is 0 Å². The molecule has 2 atom stereocenters. The number of hydrogen-bond acceptors (Lipinski definition) is 3. The van der Waals surface area contributed by atoms with E-state index in [9.17, 15) is 15.0 Å². The molecule has 0 aliphatic heterocycles. The quantitative estimate of drug-likeness (QED) is 0.684. The van der Waals surface area contributed by atoms with Crippen LogP contribution in [0.3, 0.4) is 0 Å². The van der Waals surface area contributed by atoms with Gasteiger partial charge in [-0.05, 0) is 12.0 Å². The van der Waals surface area contributed by atoms with Gasteiger partial charge in [0.05, 0.1) is 12.2 Å². The Kier molecular flexibility index (Phi) is 5.01. The summed E-state index contributed by atoms with van der Waals surface area (Å²) in [5.74, 6) is 0. The van der Waals surface area contributed by atoms with Crippen molar-refractivity contribution in [2.75, 3.05) is 0 Å². The summed E-state index contributed by atoms with van der Waals surface area (Å²) in [4.78, 5) is 10.1. The first-order valence-corrected chi connectivity index (χ1v) is 5.07. The van der Waals surface area contributed by atoms with E-state index < -0.39 is 12.2 Å². The van der Waals surface area contributed by atoms with Crippen LogP contribution in [0.1, 0.15) is 18.4 Å². The number of carbonyl (C=O) groups is 1. The predicted octanol–water partition coefficient (Wildman–Crippen LogP) is 0.930. The summed E-state index contributed by atoms with van der Waals surface area (Å²) in [6.45, 7) is 0. The van der Waals surface area contributed by atoms with Gasteiger partial charge in [-0.2, -0.15) is 0 Å². The molecule has 15 heavy (non-hydrogen) atoms. The van der Waals surface area contributed by atoms with Crippen LogP contribution < -0.4 is 0 Å². The van der Waals surface area contributed by atoms with E-state index >= 15 is 0 Å². The molecule has 0 aromatic heterocycles. The Morgan fingerprint density at radius 1 is 1.13 bits per heavy atom. The molecule has 0 aliphatic carbocycles. The Balaban J connectivity index is 2.41. The van der Waals surface area contributed by atoms with Crippen molar-refractivity contribution in [3.05, 3.63) is 35.9 Å². The van der Waals surface area contributed by atoms with Gasteiger partial charge in [-0.25, -0.2) is 0 Å². The molecule has 0 fully saturated rings. The zero-order valence-electron chi connectivity index (χ0n) is 8.54. The molecule has 0 bridgehead atoms. The van der Waals surface area contributed by atoms with Gasteiger partial charge in [0.25, 0.3) is 0 Å². The van der Waals surface area contributed by atoms with Crippen LogP contribution in [0.4, 0.5) is 0 Å². The molecule has 82 valence electrons. The standard InChI is InChI=1S/C12H16O3/c13-8-4-7-11(14)12(15)9-10-5-2-1-3-6-10/h1-3,5-6,8,11-12,14-15H,4,7,9H2/t11-,12?/m0/s1. The number of aldehydes is 1. The van der Waals surface area contributed by atoms with Crippen LogP contribution in [-0.2, 0) is 11.2 Å². The molecule has 3 heteroatoms. The Morgan fingerprint density at radius 3 is 2.40 bits per heavy atom. The Labute approximate surface area is 89.4 Å². The van der Waals surface area contributed by atoms with Gasteiger partial charge < -0.3 is 15.0 Å². The Bertz CT molecular complexity index is 284. The van der Waals surface area contributed by atoms with Crippen molar-refractivity contribution in [2.45, 2.75) is 31.5 Å². The summed E-state index contributed by atoms with van der Waals surface area (Å²) in [5.41, 5.74) is 0.982. The van der Waals surface area contributed by atoms with Crippen molar-refractivity contribution in [1.29, 1.82) is 0 Å². The number of benzene rings is 1. The maximum atomic E-state index is 10.1. The van der Waals surface area contributed by atoms with Crippen LogP contribution in [0, 0.1) is 0 Å². The second-order valence-electron chi connectivity index (χ2n) is 3.57. The highest BCUT2D eigenvalue weighted by atomic mass is 16.3. The smallest absolute Gasteiger partial charge is 0.120 e. The Morgan fingerprint density at radius 2 is 1.80 bits per heavy atom. The van der Waals surface area contributed by atoms with E-state index in [0.717, 1.165) is 11.8 Å². The minimum absolute atomic E-state index is 0.285. The van der Waals surface area contributed by atoms with Crippen LogP contribution in [0.25, 0.3) is 0 Å². The molecule has 1 unspecified atom stereocenters. The molecule has 0 saturated heterocycles. The molecule has 1 aromatic rings. The minimum atomic E-state index is -0.824. The monoisotopic (exact) mass is 208 g/mol. The largest absolute Gasteiger partial charge is 0.390 e. The third kappa shape index (κ3) is 4.23. The van der Waals surface area contributed by atoms with Crippen molar-refractivity contribution < 1.29 is 15.0 Å². The van der Waals surface area contributed by atoms with E-state index in [1.54, 1.807) is 0 Å². The highest BCUT2D eigenvalue weighted by molar-refractivity contribution is 5.49. The van der Waals surface area contributed by atoms with E-state index in [1.807, 2.05) is 30.3 Å². The normalized spacial score (nSPS) is 14.5. The van der Waals surface area contributed by atoms with Crippen LogP contribution in [0.5, 0.6) is 0 Å². The molecule has 1 rings (SSSR count). The number of aliphatic hydroxyl groups is 2. The molecule has 0 spiro atoms. The highest BCUT2D eigenvalue weighted by Crippen LogP contribution is 2.08. The minimum Gasteiger partial charge on any atom is -0.390 e. The fourth-order valence-corrected chi connectivity index (χ4v) is 1.42. The predicted molar refractivity (Wildman–Crippen MR) is 57.5 cm³/mol. The molecular weight excluding hydrogens is 192 g/mol. The van der Waals surface area contributed by atoms with Crippen molar-refractivity contribution in [3.8, 4) is 0 Å². The lowest BCUT2D eigenvalue weighted by Crippen LogP contribution is -2.27. The molecule has 0 radical (unpaired) electrons. The lowest BCUT2D eigenvalue weighted by molar-refractivity contribution is -0.108. The van der Waals surface area contributed by atoms with Crippen molar-refractivity contribution in [1.82, 2.24) is 0 Å². The van der Waals surface area contributed by atoms with Crippen LogP contribution in [-0.4, -0.2) is 28.7 Å². The molecular formula is C12H16O3. The van der Waals surface area contributed by atoms with Gasteiger partial charge in [-0.1, -0.05) is 30.3 Å². The first-order valence-electron chi connectivity index (χ1n) is 5.07. The first-order chi connectivity index (χ1) is 7.24. The molecule has 0 heterocycles. The zero-order chi connectivity index (χ0) is 11.1. The van der Waals surface area contributed by atoms with E-state index in [2.05, 4.69) is 0 Å². The van der Waals surface area contributed by atoms with Crippen LogP contribution in [0.2, 0.25) is 0 Å². The third-order valence-corrected chi connectivity index (χ3v) is 2.31. The van der Waals surface area contributed by atoms with Gasteiger partial charge in [0, 0.05) is 12.8 Å². The number of rotatable bonds is 6. The molecule has 1 aromatic carbocycles. The molecule has 3 nitrogen and oxygen atoms in total. The number of carbonyl (C=O) groups excluding carboxylic acids is 1. The fraction of sp³-hybridized carbons (Fsp3) is 0.417. The summed E-state index contributed by atoms with van der Waals surface area (Å²) in [6, 6.07) is 9.48. The van der Waals surface area contributed by atoms with Gasteiger partial charge in [0.15, 0.2) is 0 Å².